The van der Waals surface area contributed by atoms with E-state index in [0.29, 0.717) is 17.7 Å². The summed E-state index contributed by atoms with van der Waals surface area (Å²) in [6, 6.07) is 16.1. The summed E-state index contributed by atoms with van der Waals surface area (Å²) in [5, 5.41) is 1.00. The molecule has 1 aromatic heterocycles. The van der Waals surface area contributed by atoms with Crippen molar-refractivity contribution in [2.24, 2.45) is 0 Å². The highest BCUT2D eigenvalue weighted by Gasteiger charge is 2.27. The summed E-state index contributed by atoms with van der Waals surface area (Å²) < 4.78 is 0. The highest BCUT2D eigenvalue weighted by molar-refractivity contribution is 5.94. The number of amides is 1. The highest BCUT2D eigenvalue weighted by Crippen LogP contribution is 2.27. The van der Waals surface area contributed by atoms with E-state index in [1.807, 2.05) is 42.2 Å². The summed E-state index contributed by atoms with van der Waals surface area (Å²) in [6.45, 7) is 8.90. The molecule has 1 N–H and O–H groups in total. The van der Waals surface area contributed by atoms with Crippen molar-refractivity contribution in [2.45, 2.75) is 77.8 Å². The highest BCUT2D eigenvalue weighted by atomic mass is 16.2. The number of pyridine rings is 1. The number of nitrogens with zero attached hydrogens (tertiary/aromatic N) is 1. The van der Waals surface area contributed by atoms with Crippen molar-refractivity contribution in [3.63, 3.8) is 0 Å². The van der Waals surface area contributed by atoms with E-state index in [-0.39, 0.29) is 22.9 Å². The van der Waals surface area contributed by atoms with Gasteiger partial charge in [0, 0.05) is 22.7 Å². The van der Waals surface area contributed by atoms with Gasteiger partial charge in [-0.2, -0.15) is 0 Å². The maximum atomic E-state index is 13.7. The van der Waals surface area contributed by atoms with Crippen molar-refractivity contribution < 1.29 is 4.79 Å². The fourth-order valence-corrected chi connectivity index (χ4v) is 4.71. The number of carbonyl (C=O) groups excluding carboxylic acids is 1. The van der Waals surface area contributed by atoms with Crippen LogP contribution in [0.5, 0.6) is 0 Å². The normalized spacial score (nSPS) is 15.1. The predicted octanol–water partition coefficient (Wildman–Crippen LogP) is 6.11. The molecule has 4 heteroatoms. The Morgan fingerprint density at radius 3 is 2.34 bits per heavy atom. The molecule has 0 spiro atoms. The number of rotatable bonds is 4. The Morgan fingerprint density at radius 2 is 1.69 bits per heavy atom. The van der Waals surface area contributed by atoms with Gasteiger partial charge in [-0.3, -0.25) is 9.59 Å². The zero-order valence-corrected chi connectivity index (χ0v) is 19.7. The number of aromatic nitrogens is 1. The SMILES string of the molecule is Cc1ccc2[nH]c(=O)c(CN(C(=O)c3ccc(C(C)(C)C)cc3)C3CCCCC3)cc2c1. The number of carbonyl (C=O) groups is 1. The number of H-pyrrole nitrogens is 1. The van der Waals surface area contributed by atoms with E-state index in [0.717, 1.165) is 42.1 Å². The van der Waals surface area contributed by atoms with Crippen LogP contribution in [0.25, 0.3) is 10.9 Å². The van der Waals surface area contributed by atoms with Gasteiger partial charge in [-0.15, -0.1) is 0 Å². The van der Waals surface area contributed by atoms with Gasteiger partial charge in [-0.25, -0.2) is 0 Å². The lowest BCUT2D eigenvalue weighted by Gasteiger charge is -2.34. The quantitative estimate of drug-likeness (QED) is 0.543. The topological polar surface area (TPSA) is 53.2 Å². The van der Waals surface area contributed by atoms with Gasteiger partial charge < -0.3 is 9.88 Å². The first-order chi connectivity index (χ1) is 15.2. The molecule has 1 aliphatic rings. The molecular weight excluding hydrogens is 396 g/mol. The average Bonchev–Trinajstić information content (AvgIpc) is 2.77. The number of hydrogen-bond acceptors (Lipinski definition) is 2. The molecule has 0 unspecified atom stereocenters. The molecule has 1 fully saturated rings. The molecule has 0 atom stereocenters. The van der Waals surface area contributed by atoms with Crippen molar-refractivity contribution in [1.29, 1.82) is 0 Å². The summed E-state index contributed by atoms with van der Waals surface area (Å²) in [4.78, 5) is 31.5. The van der Waals surface area contributed by atoms with E-state index in [1.54, 1.807) is 0 Å². The van der Waals surface area contributed by atoms with Crippen LogP contribution in [-0.2, 0) is 12.0 Å². The molecule has 3 aromatic rings. The van der Waals surface area contributed by atoms with Crippen LogP contribution in [0, 0.1) is 6.92 Å². The zero-order valence-electron chi connectivity index (χ0n) is 19.7. The molecule has 0 aliphatic heterocycles. The van der Waals surface area contributed by atoms with Gasteiger partial charge in [0.1, 0.15) is 0 Å². The molecule has 0 bridgehead atoms. The Kier molecular flexibility index (Phi) is 6.23. The average molecular weight is 431 g/mol. The van der Waals surface area contributed by atoms with Crippen LogP contribution < -0.4 is 5.56 Å². The molecule has 4 rings (SSSR count). The zero-order chi connectivity index (χ0) is 22.9. The summed E-state index contributed by atoms with van der Waals surface area (Å²) in [6.07, 6.45) is 5.47. The van der Waals surface area contributed by atoms with Gasteiger partial charge in [0.2, 0.25) is 0 Å². The monoisotopic (exact) mass is 430 g/mol. The second-order valence-corrected chi connectivity index (χ2v) is 10.3. The molecule has 4 nitrogen and oxygen atoms in total. The van der Waals surface area contributed by atoms with E-state index in [9.17, 15) is 9.59 Å². The second-order valence-electron chi connectivity index (χ2n) is 10.3. The number of aryl methyl sites for hydroxylation is 1. The number of hydrogen-bond donors (Lipinski definition) is 1. The first-order valence-corrected chi connectivity index (χ1v) is 11.8. The Labute approximate surface area is 190 Å². The molecule has 0 radical (unpaired) electrons. The number of fused-ring (bicyclic) bond motifs is 1. The van der Waals surface area contributed by atoms with Crippen LogP contribution in [0.1, 0.15) is 79.9 Å². The Bertz CT molecular complexity index is 1160. The minimum atomic E-state index is -0.113. The van der Waals surface area contributed by atoms with Crippen LogP contribution in [0.15, 0.2) is 53.3 Å². The minimum Gasteiger partial charge on any atom is -0.331 e. The van der Waals surface area contributed by atoms with E-state index in [4.69, 9.17) is 0 Å². The lowest BCUT2D eigenvalue weighted by molar-refractivity contribution is 0.0613. The molecule has 32 heavy (non-hydrogen) atoms. The van der Waals surface area contributed by atoms with E-state index >= 15 is 0 Å². The van der Waals surface area contributed by atoms with Gasteiger partial charge >= 0.3 is 0 Å². The standard InChI is InChI=1S/C28H34N2O2/c1-19-10-15-25-21(16-19)17-22(26(31)29-25)18-30(24-8-6-5-7-9-24)27(32)20-11-13-23(14-12-20)28(2,3)4/h10-17,24H,5-9,18H2,1-4H3,(H,29,31). The van der Waals surface area contributed by atoms with Gasteiger partial charge in [0.25, 0.3) is 11.5 Å². The third-order valence-corrected chi connectivity index (χ3v) is 6.69. The van der Waals surface area contributed by atoms with Crippen LogP contribution in [0.4, 0.5) is 0 Å². The summed E-state index contributed by atoms with van der Waals surface area (Å²) >= 11 is 0. The smallest absolute Gasteiger partial charge is 0.254 e. The second kappa shape index (κ2) is 8.93. The fourth-order valence-electron chi connectivity index (χ4n) is 4.71. The van der Waals surface area contributed by atoms with Crippen LogP contribution >= 0.6 is 0 Å². The third-order valence-electron chi connectivity index (χ3n) is 6.69. The van der Waals surface area contributed by atoms with Crippen LogP contribution in [0.2, 0.25) is 0 Å². The lowest BCUT2D eigenvalue weighted by atomic mass is 9.86. The summed E-state index contributed by atoms with van der Waals surface area (Å²) in [5.74, 6) is 0.0149. The van der Waals surface area contributed by atoms with E-state index < -0.39 is 0 Å². The fraction of sp³-hybridized carbons (Fsp3) is 0.429. The van der Waals surface area contributed by atoms with Crippen LogP contribution in [0.3, 0.4) is 0 Å². The van der Waals surface area contributed by atoms with E-state index in [1.165, 1.54) is 12.0 Å². The van der Waals surface area contributed by atoms with Gasteiger partial charge in [-0.1, -0.05) is 63.8 Å². The molecule has 1 heterocycles. The van der Waals surface area contributed by atoms with Crippen molar-refractivity contribution in [2.75, 3.05) is 0 Å². The lowest BCUT2D eigenvalue weighted by Crippen LogP contribution is -2.42. The predicted molar refractivity (Wildman–Crippen MR) is 131 cm³/mol. The molecule has 1 amide bonds. The van der Waals surface area contributed by atoms with Crippen molar-refractivity contribution in [3.8, 4) is 0 Å². The summed E-state index contributed by atoms with van der Waals surface area (Å²) in [7, 11) is 0. The van der Waals surface area contributed by atoms with Crippen molar-refractivity contribution in [1.82, 2.24) is 9.88 Å². The summed E-state index contributed by atoms with van der Waals surface area (Å²) in [5.41, 5.74) is 4.45. The Hall–Kier alpha value is -2.88. The number of aromatic amines is 1. The van der Waals surface area contributed by atoms with Crippen molar-refractivity contribution in [3.05, 3.63) is 81.1 Å². The molecule has 1 aliphatic carbocycles. The van der Waals surface area contributed by atoms with Crippen LogP contribution in [-0.4, -0.2) is 21.8 Å². The van der Waals surface area contributed by atoms with Gasteiger partial charge in [0.05, 0.1) is 6.54 Å². The number of nitrogens with one attached hydrogen (secondary N) is 1. The molecular formula is C28H34N2O2. The Morgan fingerprint density at radius 1 is 1.00 bits per heavy atom. The molecule has 0 saturated heterocycles. The molecule has 1 saturated carbocycles. The molecule has 2 aromatic carbocycles. The van der Waals surface area contributed by atoms with Gasteiger partial charge in [0.15, 0.2) is 0 Å². The third kappa shape index (κ3) is 4.79. The maximum absolute atomic E-state index is 13.7. The first-order valence-electron chi connectivity index (χ1n) is 11.8. The number of benzene rings is 2. The minimum absolute atomic E-state index is 0.0149. The Balaban J connectivity index is 1.68. The first kappa shape index (κ1) is 22.3. The largest absolute Gasteiger partial charge is 0.331 e. The molecule has 168 valence electrons. The van der Waals surface area contributed by atoms with Gasteiger partial charge in [-0.05, 0) is 66.5 Å². The maximum Gasteiger partial charge on any atom is 0.254 e. The van der Waals surface area contributed by atoms with E-state index in [2.05, 4.69) is 44.0 Å². The van der Waals surface area contributed by atoms with Crippen molar-refractivity contribution >= 4 is 16.8 Å².